The van der Waals surface area contributed by atoms with Crippen LogP contribution in [0.3, 0.4) is 0 Å². The van der Waals surface area contributed by atoms with E-state index in [1.807, 2.05) is 39.8 Å². The summed E-state index contributed by atoms with van der Waals surface area (Å²) in [7, 11) is 0. The van der Waals surface area contributed by atoms with Gasteiger partial charge < -0.3 is 0 Å². The molecule has 0 saturated carbocycles. The van der Waals surface area contributed by atoms with Crippen molar-refractivity contribution in [1.29, 1.82) is 0 Å². The molecular weight excluding hydrogens is 218 g/mol. The highest BCUT2D eigenvalue weighted by Crippen LogP contribution is 1.89. The minimum Gasteiger partial charge on any atom is -0.281 e. The van der Waals surface area contributed by atoms with E-state index in [4.69, 9.17) is 0 Å². The first kappa shape index (κ1) is 16.1. The van der Waals surface area contributed by atoms with Crippen molar-refractivity contribution in [3.8, 4) is 35.5 Å². The quantitative estimate of drug-likeness (QED) is 0.406. The molecule has 18 heavy (non-hydrogen) atoms. The molecule has 0 amide bonds. The highest BCUT2D eigenvalue weighted by Gasteiger charge is 1.87. The maximum atomic E-state index is 4.35. The Labute approximate surface area is 112 Å². The summed E-state index contributed by atoms with van der Waals surface area (Å²) < 4.78 is 0. The summed E-state index contributed by atoms with van der Waals surface area (Å²) in [6, 6.07) is 0. The number of nitrogens with zero attached hydrogens (tertiary/aromatic N) is 1. The molecule has 0 aromatic heterocycles. The van der Waals surface area contributed by atoms with Gasteiger partial charge in [-0.05, 0) is 27.7 Å². The van der Waals surface area contributed by atoms with Gasteiger partial charge >= 0.3 is 0 Å². The van der Waals surface area contributed by atoms with Crippen molar-refractivity contribution in [2.24, 2.45) is 10.9 Å². The Kier molecular flexibility index (Phi) is 10.3. The molecule has 1 unspecified atom stereocenters. The van der Waals surface area contributed by atoms with Crippen LogP contribution >= 0.6 is 0 Å². The second kappa shape index (κ2) is 11.6. The Morgan fingerprint density at radius 1 is 1.22 bits per heavy atom. The SMILES string of the molecule is CC#CC(C)C#CC/N=C(\C)CC#CC/C=C\C. The predicted molar refractivity (Wildman–Crippen MR) is 80.2 cm³/mol. The lowest BCUT2D eigenvalue weighted by Gasteiger charge is -1.91. The summed E-state index contributed by atoms with van der Waals surface area (Å²) in [6.45, 7) is 8.34. The van der Waals surface area contributed by atoms with E-state index in [2.05, 4.69) is 40.5 Å². The molecule has 0 aliphatic carbocycles. The average molecular weight is 239 g/mol. The smallest absolute Gasteiger partial charge is 0.0997 e. The van der Waals surface area contributed by atoms with Crippen molar-refractivity contribution in [3.05, 3.63) is 12.2 Å². The van der Waals surface area contributed by atoms with Gasteiger partial charge in [0.05, 0.1) is 12.5 Å². The van der Waals surface area contributed by atoms with Crippen molar-refractivity contribution in [2.45, 2.75) is 40.5 Å². The summed E-state index contributed by atoms with van der Waals surface area (Å²) in [6.07, 6.45) is 5.59. The number of rotatable bonds is 3. The summed E-state index contributed by atoms with van der Waals surface area (Å²) in [4.78, 5) is 4.35. The van der Waals surface area contributed by atoms with Gasteiger partial charge in [-0.1, -0.05) is 41.8 Å². The van der Waals surface area contributed by atoms with Gasteiger partial charge in [-0.15, -0.1) is 5.92 Å². The van der Waals surface area contributed by atoms with Gasteiger partial charge in [-0.2, -0.15) is 0 Å². The van der Waals surface area contributed by atoms with Gasteiger partial charge in [0, 0.05) is 18.6 Å². The molecule has 0 aromatic rings. The van der Waals surface area contributed by atoms with Crippen LogP contribution in [0, 0.1) is 41.4 Å². The number of allylic oxidation sites excluding steroid dienone is 2. The van der Waals surface area contributed by atoms with Gasteiger partial charge in [0.2, 0.25) is 0 Å². The Balaban J connectivity index is 4.02. The van der Waals surface area contributed by atoms with E-state index in [1.54, 1.807) is 0 Å². The third-order valence-electron chi connectivity index (χ3n) is 2.03. The first-order valence-electron chi connectivity index (χ1n) is 6.18. The third kappa shape index (κ3) is 10.6. The van der Waals surface area contributed by atoms with Crippen molar-refractivity contribution < 1.29 is 0 Å². The van der Waals surface area contributed by atoms with Crippen LogP contribution in [-0.4, -0.2) is 12.3 Å². The lowest BCUT2D eigenvalue weighted by Crippen LogP contribution is -1.91. The zero-order valence-corrected chi connectivity index (χ0v) is 11.8. The van der Waals surface area contributed by atoms with Crippen molar-refractivity contribution in [3.63, 3.8) is 0 Å². The number of aliphatic imine (C=N–C) groups is 1. The minimum atomic E-state index is 0.131. The standard InChI is InChI=1S/C17H21N/c1-5-7-8-9-10-14-17(4)18-15-11-13-16(3)12-6-2/h5,7,16H,8,14-15H2,1-4H3/b7-5-,18-17+. The zero-order chi connectivity index (χ0) is 13.6. The van der Waals surface area contributed by atoms with E-state index in [9.17, 15) is 0 Å². The van der Waals surface area contributed by atoms with Crippen LogP contribution in [0.15, 0.2) is 17.1 Å². The molecule has 1 heteroatoms. The molecular formula is C17H21N. The molecule has 0 N–H and O–H groups in total. The van der Waals surface area contributed by atoms with Crippen LogP contribution in [0.4, 0.5) is 0 Å². The Morgan fingerprint density at radius 3 is 2.67 bits per heavy atom. The maximum absolute atomic E-state index is 4.35. The highest BCUT2D eigenvalue weighted by atomic mass is 14.7. The minimum absolute atomic E-state index is 0.131. The van der Waals surface area contributed by atoms with Crippen LogP contribution in [0.2, 0.25) is 0 Å². The summed E-state index contributed by atoms with van der Waals surface area (Å²) >= 11 is 0. The molecule has 0 fully saturated rings. The molecule has 0 saturated heterocycles. The van der Waals surface area contributed by atoms with Crippen LogP contribution in [0.5, 0.6) is 0 Å². The van der Waals surface area contributed by atoms with E-state index in [0.29, 0.717) is 6.54 Å². The monoisotopic (exact) mass is 239 g/mol. The van der Waals surface area contributed by atoms with Gasteiger partial charge in [0.25, 0.3) is 0 Å². The third-order valence-corrected chi connectivity index (χ3v) is 2.03. The van der Waals surface area contributed by atoms with E-state index < -0.39 is 0 Å². The fraction of sp³-hybridized carbons (Fsp3) is 0.471. The number of hydrogen-bond acceptors (Lipinski definition) is 1. The largest absolute Gasteiger partial charge is 0.281 e. The Morgan fingerprint density at radius 2 is 2.00 bits per heavy atom. The molecule has 0 spiro atoms. The van der Waals surface area contributed by atoms with Crippen LogP contribution in [0.25, 0.3) is 0 Å². The Hall–Kier alpha value is -1.91. The molecule has 1 nitrogen and oxygen atoms in total. The molecule has 0 heterocycles. The zero-order valence-electron chi connectivity index (χ0n) is 11.8. The van der Waals surface area contributed by atoms with E-state index in [0.717, 1.165) is 18.6 Å². The lowest BCUT2D eigenvalue weighted by molar-refractivity contribution is 1.02. The predicted octanol–water partition coefficient (Wildman–Crippen LogP) is 3.47. The van der Waals surface area contributed by atoms with Gasteiger partial charge in [0.1, 0.15) is 0 Å². The van der Waals surface area contributed by atoms with Gasteiger partial charge in [0.15, 0.2) is 0 Å². The van der Waals surface area contributed by atoms with E-state index in [1.165, 1.54) is 0 Å². The summed E-state index contributed by atoms with van der Waals surface area (Å²) in [5.74, 6) is 18.2. The first-order valence-corrected chi connectivity index (χ1v) is 6.18. The van der Waals surface area contributed by atoms with Crippen LogP contribution < -0.4 is 0 Å². The molecule has 1 atom stereocenters. The molecule has 0 radical (unpaired) electrons. The van der Waals surface area contributed by atoms with Crippen molar-refractivity contribution >= 4 is 5.71 Å². The molecule has 0 bridgehead atoms. The summed E-state index contributed by atoms with van der Waals surface area (Å²) in [5.41, 5.74) is 1.03. The second-order valence-electron chi connectivity index (χ2n) is 3.79. The normalized spacial score (nSPS) is 11.7. The second-order valence-corrected chi connectivity index (χ2v) is 3.79. The average Bonchev–Trinajstić information content (AvgIpc) is 2.35. The first-order chi connectivity index (χ1) is 8.70. The van der Waals surface area contributed by atoms with E-state index in [-0.39, 0.29) is 5.92 Å². The maximum Gasteiger partial charge on any atom is 0.0997 e. The number of hydrogen-bond donors (Lipinski definition) is 0. The molecule has 94 valence electrons. The van der Waals surface area contributed by atoms with Gasteiger partial charge in [-0.25, -0.2) is 0 Å². The fourth-order valence-electron chi connectivity index (χ4n) is 1.12. The Bertz CT molecular complexity index is 461. The molecule has 0 aromatic carbocycles. The van der Waals surface area contributed by atoms with Crippen molar-refractivity contribution in [1.82, 2.24) is 0 Å². The summed E-state index contributed by atoms with van der Waals surface area (Å²) in [5, 5.41) is 0. The molecule has 0 aliphatic heterocycles. The molecule has 0 rings (SSSR count). The van der Waals surface area contributed by atoms with Gasteiger partial charge in [-0.3, -0.25) is 4.99 Å². The van der Waals surface area contributed by atoms with Crippen LogP contribution in [0.1, 0.15) is 40.5 Å². The topological polar surface area (TPSA) is 12.4 Å². The van der Waals surface area contributed by atoms with E-state index >= 15 is 0 Å². The fourth-order valence-corrected chi connectivity index (χ4v) is 1.12. The van der Waals surface area contributed by atoms with Crippen LogP contribution in [-0.2, 0) is 0 Å². The molecule has 0 aliphatic rings. The van der Waals surface area contributed by atoms with Crippen molar-refractivity contribution in [2.75, 3.05) is 6.54 Å². The highest BCUT2D eigenvalue weighted by molar-refractivity contribution is 5.84. The lowest BCUT2D eigenvalue weighted by atomic mass is 10.2.